The molecule has 0 spiro atoms. The van der Waals surface area contributed by atoms with Crippen LogP contribution in [0.4, 0.5) is 18.9 Å². The van der Waals surface area contributed by atoms with Crippen LogP contribution in [0.1, 0.15) is 21.5 Å². The number of benzene rings is 2. The van der Waals surface area contributed by atoms with E-state index in [1.807, 2.05) is 6.92 Å². The topological polar surface area (TPSA) is 66.4 Å². The van der Waals surface area contributed by atoms with E-state index in [2.05, 4.69) is 5.32 Å². The van der Waals surface area contributed by atoms with Crippen LogP contribution < -0.4 is 5.32 Å². The highest BCUT2D eigenvalue weighted by Crippen LogP contribution is 2.30. The van der Waals surface area contributed by atoms with Crippen LogP contribution in [0.3, 0.4) is 0 Å². The highest BCUT2D eigenvalue weighted by atomic mass is 19.4. The minimum atomic E-state index is -4.55. The van der Waals surface area contributed by atoms with Crippen LogP contribution in [0.15, 0.2) is 60.3 Å². The first-order chi connectivity index (χ1) is 11.7. The van der Waals surface area contributed by atoms with Gasteiger partial charge in [0, 0.05) is 17.3 Å². The van der Waals surface area contributed by atoms with Crippen molar-refractivity contribution in [2.45, 2.75) is 13.1 Å². The summed E-state index contributed by atoms with van der Waals surface area (Å²) in [5.74, 6) is -2.03. The molecule has 0 aromatic heterocycles. The molecule has 0 unspecified atom stereocenters. The maximum Gasteiger partial charge on any atom is 0.416 e. The lowest BCUT2D eigenvalue weighted by Crippen LogP contribution is -2.13. The van der Waals surface area contributed by atoms with Crippen molar-refractivity contribution in [3.05, 3.63) is 77.0 Å². The molecule has 0 radical (unpaired) electrons. The van der Waals surface area contributed by atoms with E-state index in [1.54, 1.807) is 12.1 Å². The Morgan fingerprint density at radius 1 is 1.08 bits per heavy atom. The number of allylic oxidation sites excluding steroid dienone is 1. The Morgan fingerprint density at radius 2 is 1.72 bits per heavy atom. The number of halogens is 3. The van der Waals surface area contributed by atoms with Crippen molar-refractivity contribution < 1.29 is 27.9 Å². The molecule has 0 aliphatic heterocycles. The summed E-state index contributed by atoms with van der Waals surface area (Å²) in [4.78, 5) is 23.4. The normalized spacial score (nSPS) is 11.9. The second-order valence-corrected chi connectivity index (χ2v) is 5.30. The molecule has 2 aromatic rings. The van der Waals surface area contributed by atoms with Crippen molar-refractivity contribution in [2.75, 3.05) is 5.32 Å². The molecule has 0 aliphatic rings. The number of anilines is 1. The molecule has 7 heteroatoms. The molecule has 0 atom stereocenters. The fourth-order valence-corrected chi connectivity index (χ4v) is 2.01. The molecule has 130 valence electrons. The fraction of sp³-hybridized carbons (Fsp3) is 0.111. The first kappa shape index (κ1) is 18.3. The second-order valence-electron chi connectivity index (χ2n) is 5.30. The Morgan fingerprint density at radius 3 is 2.28 bits per heavy atom. The number of carboxylic acids is 1. The zero-order valence-corrected chi connectivity index (χ0v) is 13.1. The summed E-state index contributed by atoms with van der Waals surface area (Å²) in [5.41, 5.74) is -0.326. The smallest absolute Gasteiger partial charge is 0.416 e. The van der Waals surface area contributed by atoms with Crippen LogP contribution in [0, 0.1) is 6.92 Å². The largest absolute Gasteiger partial charge is 0.477 e. The molecular formula is C18H14F3NO3. The molecular weight excluding hydrogens is 335 g/mol. The lowest BCUT2D eigenvalue weighted by molar-refractivity contribution is -0.137. The number of aliphatic carboxylic acids is 1. The van der Waals surface area contributed by atoms with Gasteiger partial charge in [0.2, 0.25) is 0 Å². The van der Waals surface area contributed by atoms with Crippen LogP contribution >= 0.6 is 0 Å². The lowest BCUT2D eigenvalue weighted by Gasteiger charge is -2.11. The molecule has 0 heterocycles. The number of hydrogen-bond donors (Lipinski definition) is 2. The van der Waals surface area contributed by atoms with Crippen LogP contribution in [-0.2, 0) is 11.0 Å². The zero-order chi connectivity index (χ0) is 18.6. The minimum absolute atomic E-state index is 0.0832. The monoisotopic (exact) mass is 349 g/mol. The van der Waals surface area contributed by atoms with Gasteiger partial charge in [0.15, 0.2) is 5.78 Å². The number of aryl methyl sites for hydroxylation is 1. The van der Waals surface area contributed by atoms with Gasteiger partial charge in [-0.1, -0.05) is 35.9 Å². The Kier molecular flexibility index (Phi) is 5.26. The Balaban J connectivity index is 2.28. The van der Waals surface area contributed by atoms with Gasteiger partial charge in [-0.05, 0) is 25.1 Å². The Bertz CT molecular complexity index is 824. The van der Waals surface area contributed by atoms with Crippen molar-refractivity contribution in [1.82, 2.24) is 0 Å². The minimum Gasteiger partial charge on any atom is -0.477 e. The van der Waals surface area contributed by atoms with E-state index >= 15 is 0 Å². The van der Waals surface area contributed by atoms with Gasteiger partial charge in [-0.25, -0.2) is 4.79 Å². The first-order valence-electron chi connectivity index (χ1n) is 7.17. The van der Waals surface area contributed by atoms with E-state index < -0.39 is 29.2 Å². The summed E-state index contributed by atoms with van der Waals surface area (Å²) in [6.45, 7) is 1.84. The van der Waals surface area contributed by atoms with E-state index in [1.165, 1.54) is 18.2 Å². The van der Waals surface area contributed by atoms with Crippen LogP contribution in [0.5, 0.6) is 0 Å². The average molecular weight is 349 g/mol. The van der Waals surface area contributed by atoms with Gasteiger partial charge in [0.05, 0.1) is 5.56 Å². The summed E-state index contributed by atoms with van der Waals surface area (Å²) < 4.78 is 38.1. The van der Waals surface area contributed by atoms with Crippen LogP contribution in [-0.4, -0.2) is 16.9 Å². The third-order valence-corrected chi connectivity index (χ3v) is 3.31. The van der Waals surface area contributed by atoms with Crippen LogP contribution in [0.2, 0.25) is 0 Å². The molecule has 2 rings (SSSR count). The predicted molar refractivity (Wildman–Crippen MR) is 86.3 cm³/mol. The number of hydrogen-bond acceptors (Lipinski definition) is 3. The quantitative estimate of drug-likeness (QED) is 0.625. The van der Waals surface area contributed by atoms with Gasteiger partial charge in [0.1, 0.15) is 5.70 Å². The number of nitrogens with one attached hydrogen (secondary N) is 1. The number of rotatable bonds is 5. The van der Waals surface area contributed by atoms with Crippen molar-refractivity contribution >= 4 is 17.4 Å². The summed E-state index contributed by atoms with van der Waals surface area (Å²) in [5, 5.41) is 11.5. The van der Waals surface area contributed by atoms with Crippen LogP contribution in [0.25, 0.3) is 0 Å². The molecule has 0 aliphatic carbocycles. The molecule has 2 N–H and O–H groups in total. The Hall–Kier alpha value is -3.09. The fourth-order valence-electron chi connectivity index (χ4n) is 2.01. The number of carbonyl (C=O) groups is 2. The van der Waals surface area contributed by atoms with E-state index in [9.17, 15) is 27.9 Å². The van der Waals surface area contributed by atoms with Gasteiger partial charge in [0.25, 0.3) is 0 Å². The molecule has 25 heavy (non-hydrogen) atoms. The zero-order valence-electron chi connectivity index (χ0n) is 13.1. The first-order valence-corrected chi connectivity index (χ1v) is 7.17. The summed E-state index contributed by atoms with van der Waals surface area (Å²) in [6, 6.07) is 10.5. The van der Waals surface area contributed by atoms with Gasteiger partial charge in [-0.2, -0.15) is 13.2 Å². The average Bonchev–Trinajstić information content (AvgIpc) is 2.54. The maximum atomic E-state index is 12.7. The number of alkyl halides is 3. The second kappa shape index (κ2) is 7.21. The molecule has 0 bridgehead atoms. The van der Waals surface area contributed by atoms with Crippen molar-refractivity contribution in [3.63, 3.8) is 0 Å². The van der Waals surface area contributed by atoms with Crippen molar-refractivity contribution in [1.29, 1.82) is 0 Å². The van der Waals surface area contributed by atoms with E-state index in [-0.39, 0.29) is 11.3 Å². The van der Waals surface area contributed by atoms with Gasteiger partial charge < -0.3 is 10.4 Å². The number of carboxylic acid groups (broad SMARTS) is 1. The van der Waals surface area contributed by atoms with E-state index in [0.717, 1.165) is 29.8 Å². The van der Waals surface area contributed by atoms with Crippen molar-refractivity contribution in [3.8, 4) is 0 Å². The van der Waals surface area contributed by atoms with Gasteiger partial charge >= 0.3 is 12.1 Å². The molecule has 0 saturated carbocycles. The SMILES string of the molecule is Cc1ccc(C(=O)C=C(Nc2cccc(C(F)(F)F)c2)C(=O)O)cc1. The molecule has 0 fully saturated rings. The van der Waals surface area contributed by atoms with E-state index in [0.29, 0.717) is 0 Å². The molecule has 0 saturated heterocycles. The molecule has 4 nitrogen and oxygen atoms in total. The molecule has 2 aromatic carbocycles. The molecule has 0 amide bonds. The van der Waals surface area contributed by atoms with E-state index in [4.69, 9.17) is 0 Å². The van der Waals surface area contributed by atoms with Gasteiger partial charge in [-0.3, -0.25) is 4.79 Å². The maximum absolute atomic E-state index is 12.7. The number of ketones is 1. The third-order valence-electron chi connectivity index (χ3n) is 3.31. The van der Waals surface area contributed by atoms with Crippen molar-refractivity contribution in [2.24, 2.45) is 0 Å². The Labute approximate surface area is 141 Å². The highest BCUT2D eigenvalue weighted by Gasteiger charge is 2.30. The number of carbonyl (C=O) groups excluding carboxylic acids is 1. The highest BCUT2D eigenvalue weighted by molar-refractivity contribution is 6.09. The summed E-state index contributed by atoms with van der Waals surface area (Å²) in [7, 11) is 0. The summed E-state index contributed by atoms with van der Waals surface area (Å²) >= 11 is 0. The van der Waals surface area contributed by atoms with Gasteiger partial charge in [-0.15, -0.1) is 0 Å². The lowest BCUT2D eigenvalue weighted by atomic mass is 10.1. The summed E-state index contributed by atoms with van der Waals surface area (Å²) in [6.07, 6.45) is -3.71. The third kappa shape index (κ3) is 4.94. The predicted octanol–water partition coefficient (Wildman–Crippen LogP) is 4.28. The standard InChI is InChI=1S/C18H14F3NO3/c1-11-5-7-12(8-6-11)16(23)10-15(17(24)25)22-14-4-2-3-13(9-14)18(19,20)21/h2-10,22H,1H3,(H,24,25).